The normalized spacial score (nSPS) is 9.68. The third-order valence-corrected chi connectivity index (χ3v) is 2.81. The quantitative estimate of drug-likeness (QED) is 0.805. The predicted octanol–water partition coefficient (Wildman–Crippen LogP) is 2.70. The molecule has 19 heavy (non-hydrogen) atoms. The van der Waals surface area contributed by atoms with Crippen LogP contribution in [0.5, 0.6) is 0 Å². The zero-order valence-electron chi connectivity index (χ0n) is 10.5. The molecule has 4 nitrogen and oxygen atoms in total. The van der Waals surface area contributed by atoms with Crippen molar-refractivity contribution in [2.24, 2.45) is 0 Å². The second kappa shape index (κ2) is 5.23. The number of carbonyl (C=O) groups excluding carboxylic acids is 1. The molecule has 4 heteroatoms. The smallest absolute Gasteiger partial charge is 0.255 e. The summed E-state index contributed by atoms with van der Waals surface area (Å²) in [5.41, 5.74) is 8.50. The molecule has 0 heterocycles. The maximum Gasteiger partial charge on any atom is 0.255 e. The SMILES string of the molecule is Cc1cccc(NC(=O)c2ccc(N)cc2)c1C#N. The fourth-order valence-corrected chi connectivity index (χ4v) is 1.75. The van der Waals surface area contributed by atoms with Crippen molar-refractivity contribution < 1.29 is 4.79 Å². The van der Waals surface area contributed by atoms with Gasteiger partial charge in [0.1, 0.15) is 6.07 Å². The van der Waals surface area contributed by atoms with Crippen LogP contribution in [-0.2, 0) is 0 Å². The van der Waals surface area contributed by atoms with Crippen molar-refractivity contribution in [3.8, 4) is 6.07 Å². The van der Waals surface area contributed by atoms with Crippen LogP contribution in [0.2, 0.25) is 0 Å². The van der Waals surface area contributed by atoms with Gasteiger partial charge in [0.25, 0.3) is 5.91 Å². The molecule has 2 rings (SSSR count). The van der Waals surface area contributed by atoms with Crippen LogP contribution in [0.1, 0.15) is 21.5 Å². The van der Waals surface area contributed by atoms with Gasteiger partial charge in [0.2, 0.25) is 0 Å². The first-order valence-corrected chi connectivity index (χ1v) is 5.78. The highest BCUT2D eigenvalue weighted by Crippen LogP contribution is 2.19. The van der Waals surface area contributed by atoms with Gasteiger partial charge in [0.05, 0.1) is 11.3 Å². The van der Waals surface area contributed by atoms with Crippen LogP contribution in [0.4, 0.5) is 11.4 Å². The predicted molar refractivity (Wildman–Crippen MR) is 74.7 cm³/mol. The molecule has 0 unspecified atom stereocenters. The van der Waals surface area contributed by atoms with Gasteiger partial charge in [-0.3, -0.25) is 4.79 Å². The third kappa shape index (κ3) is 2.72. The minimum atomic E-state index is -0.262. The lowest BCUT2D eigenvalue weighted by atomic mass is 10.1. The van der Waals surface area contributed by atoms with Gasteiger partial charge in [0, 0.05) is 11.3 Å². The summed E-state index contributed by atoms with van der Waals surface area (Å²) in [6, 6.07) is 14.1. The van der Waals surface area contributed by atoms with E-state index < -0.39 is 0 Å². The first kappa shape index (κ1) is 12.7. The number of nitriles is 1. The number of aryl methyl sites for hydroxylation is 1. The number of nitrogens with one attached hydrogen (secondary N) is 1. The molecule has 1 amide bonds. The third-order valence-electron chi connectivity index (χ3n) is 2.81. The fraction of sp³-hybridized carbons (Fsp3) is 0.0667. The Balaban J connectivity index is 2.27. The minimum Gasteiger partial charge on any atom is -0.399 e. The molecule has 0 aliphatic rings. The van der Waals surface area contributed by atoms with E-state index in [4.69, 9.17) is 11.0 Å². The van der Waals surface area contributed by atoms with Crippen molar-refractivity contribution in [2.75, 3.05) is 11.1 Å². The molecule has 0 radical (unpaired) electrons. The largest absolute Gasteiger partial charge is 0.399 e. The van der Waals surface area contributed by atoms with E-state index in [9.17, 15) is 4.79 Å². The van der Waals surface area contributed by atoms with Crippen LogP contribution in [0.3, 0.4) is 0 Å². The number of amides is 1. The molecule has 0 aliphatic carbocycles. The molecule has 94 valence electrons. The number of nitrogens with zero attached hydrogens (tertiary/aromatic N) is 1. The zero-order chi connectivity index (χ0) is 13.8. The van der Waals surface area contributed by atoms with Crippen LogP contribution in [0.25, 0.3) is 0 Å². The van der Waals surface area contributed by atoms with Gasteiger partial charge in [-0.25, -0.2) is 0 Å². The molecule has 0 aromatic heterocycles. The highest BCUT2D eigenvalue weighted by Gasteiger charge is 2.10. The zero-order valence-corrected chi connectivity index (χ0v) is 10.5. The summed E-state index contributed by atoms with van der Waals surface area (Å²) in [6.45, 7) is 1.83. The molecular formula is C15H13N3O. The van der Waals surface area contributed by atoms with Crippen LogP contribution < -0.4 is 11.1 Å². The maximum atomic E-state index is 12.0. The Morgan fingerprint density at radius 1 is 1.21 bits per heavy atom. The number of nitrogen functional groups attached to an aromatic ring is 1. The Kier molecular flexibility index (Phi) is 3.48. The van der Waals surface area contributed by atoms with Crippen LogP contribution in [0, 0.1) is 18.3 Å². The first-order chi connectivity index (χ1) is 9.11. The molecule has 0 spiro atoms. The average molecular weight is 251 g/mol. The minimum absolute atomic E-state index is 0.262. The van der Waals surface area contributed by atoms with E-state index in [1.165, 1.54) is 0 Å². The molecule has 0 atom stereocenters. The van der Waals surface area contributed by atoms with Gasteiger partial charge in [-0.05, 0) is 42.8 Å². The summed E-state index contributed by atoms with van der Waals surface area (Å²) < 4.78 is 0. The van der Waals surface area contributed by atoms with E-state index in [2.05, 4.69) is 11.4 Å². The highest BCUT2D eigenvalue weighted by atomic mass is 16.1. The number of benzene rings is 2. The van der Waals surface area contributed by atoms with Crippen molar-refractivity contribution in [1.29, 1.82) is 5.26 Å². The fourth-order valence-electron chi connectivity index (χ4n) is 1.75. The van der Waals surface area contributed by atoms with E-state index in [0.29, 0.717) is 22.5 Å². The molecule has 0 bridgehead atoms. The number of rotatable bonds is 2. The summed E-state index contributed by atoms with van der Waals surface area (Å²) >= 11 is 0. The van der Waals surface area contributed by atoms with Crippen LogP contribution >= 0.6 is 0 Å². The molecule has 0 saturated carbocycles. The Labute approximate surface area is 111 Å². The Morgan fingerprint density at radius 3 is 2.53 bits per heavy atom. The number of hydrogen-bond donors (Lipinski definition) is 2. The van der Waals surface area contributed by atoms with Gasteiger partial charge < -0.3 is 11.1 Å². The number of nitrogens with two attached hydrogens (primary N) is 1. The summed E-state index contributed by atoms with van der Waals surface area (Å²) in [5, 5.41) is 11.8. The molecule has 3 N–H and O–H groups in total. The monoisotopic (exact) mass is 251 g/mol. The topological polar surface area (TPSA) is 78.9 Å². The van der Waals surface area contributed by atoms with E-state index in [-0.39, 0.29) is 5.91 Å². The number of carbonyl (C=O) groups is 1. The van der Waals surface area contributed by atoms with Crippen molar-refractivity contribution in [1.82, 2.24) is 0 Å². The van der Waals surface area contributed by atoms with Crippen molar-refractivity contribution >= 4 is 17.3 Å². The lowest BCUT2D eigenvalue weighted by Crippen LogP contribution is -2.13. The molecule has 2 aromatic carbocycles. The van der Waals surface area contributed by atoms with E-state index in [1.807, 2.05) is 13.0 Å². The van der Waals surface area contributed by atoms with E-state index >= 15 is 0 Å². The maximum absolute atomic E-state index is 12.0. The van der Waals surface area contributed by atoms with Gasteiger partial charge in [-0.15, -0.1) is 0 Å². The van der Waals surface area contributed by atoms with Gasteiger partial charge >= 0.3 is 0 Å². The molecule has 0 saturated heterocycles. The standard InChI is InChI=1S/C15H13N3O/c1-10-3-2-4-14(13(10)9-16)18-15(19)11-5-7-12(17)8-6-11/h2-8H,17H2,1H3,(H,18,19). The van der Waals surface area contributed by atoms with E-state index in [0.717, 1.165) is 5.56 Å². The lowest BCUT2D eigenvalue weighted by Gasteiger charge is -2.08. The summed E-state index contributed by atoms with van der Waals surface area (Å²) in [7, 11) is 0. The van der Waals surface area contributed by atoms with E-state index in [1.54, 1.807) is 36.4 Å². The van der Waals surface area contributed by atoms with Gasteiger partial charge in [0.15, 0.2) is 0 Å². The second-order valence-corrected chi connectivity index (χ2v) is 4.19. The Bertz CT molecular complexity index is 654. The van der Waals surface area contributed by atoms with Crippen molar-refractivity contribution in [2.45, 2.75) is 6.92 Å². The molecule has 2 aromatic rings. The highest BCUT2D eigenvalue weighted by molar-refractivity contribution is 6.05. The second-order valence-electron chi connectivity index (χ2n) is 4.19. The molecule has 0 fully saturated rings. The van der Waals surface area contributed by atoms with Gasteiger partial charge in [-0.1, -0.05) is 12.1 Å². The van der Waals surface area contributed by atoms with Crippen LogP contribution in [-0.4, -0.2) is 5.91 Å². The first-order valence-electron chi connectivity index (χ1n) is 5.78. The van der Waals surface area contributed by atoms with Gasteiger partial charge in [-0.2, -0.15) is 5.26 Å². The Hall–Kier alpha value is -2.80. The van der Waals surface area contributed by atoms with Crippen LogP contribution in [0.15, 0.2) is 42.5 Å². The summed E-state index contributed by atoms with van der Waals surface area (Å²) in [4.78, 5) is 12.0. The number of hydrogen-bond acceptors (Lipinski definition) is 3. The summed E-state index contributed by atoms with van der Waals surface area (Å²) in [6.07, 6.45) is 0. The average Bonchev–Trinajstić information content (AvgIpc) is 2.39. The van der Waals surface area contributed by atoms with Crippen molar-refractivity contribution in [3.63, 3.8) is 0 Å². The lowest BCUT2D eigenvalue weighted by molar-refractivity contribution is 0.102. The summed E-state index contributed by atoms with van der Waals surface area (Å²) in [5.74, 6) is -0.262. The number of anilines is 2. The molecule has 0 aliphatic heterocycles. The molecular weight excluding hydrogens is 238 g/mol. The Morgan fingerprint density at radius 2 is 1.89 bits per heavy atom. The van der Waals surface area contributed by atoms with Crippen molar-refractivity contribution in [3.05, 3.63) is 59.2 Å².